The molecule has 280 valence electrons. The number of carbonyl (C=O) groups excluding carboxylic acids is 6. The second-order valence-electron chi connectivity index (χ2n) is 14.0. The highest BCUT2D eigenvalue weighted by Gasteiger charge is 2.45. The first-order chi connectivity index (χ1) is 24.5. The molecular weight excluding hydrogens is 658 g/mol. The highest BCUT2D eigenvalue weighted by atomic mass is 16.5. The molecule has 5 amide bonds. The van der Waals surface area contributed by atoms with Gasteiger partial charge in [0.1, 0.15) is 18.1 Å². The van der Waals surface area contributed by atoms with Gasteiger partial charge in [-0.15, -0.1) is 0 Å². The molecule has 4 rings (SSSR count). The predicted molar refractivity (Wildman–Crippen MR) is 186 cm³/mol. The van der Waals surface area contributed by atoms with Crippen molar-refractivity contribution in [2.45, 2.75) is 120 Å². The minimum absolute atomic E-state index is 0.129. The van der Waals surface area contributed by atoms with E-state index in [9.17, 15) is 38.7 Å². The Labute approximate surface area is 299 Å². The fourth-order valence-corrected chi connectivity index (χ4v) is 7.81. The van der Waals surface area contributed by atoms with Crippen molar-refractivity contribution in [1.29, 1.82) is 0 Å². The summed E-state index contributed by atoms with van der Waals surface area (Å²) in [6, 6.07) is 5.30. The fourth-order valence-electron chi connectivity index (χ4n) is 7.81. The first kappa shape index (κ1) is 39.3. The molecule has 1 aromatic carbocycles. The van der Waals surface area contributed by atoms with Crippen molar-refractivity contribution in [2.24, 2.45) is 11.8 Å². The van der Waals surface area contributed by atoms with E-state index in [4.69, 9.17) is 4.74 Å². The largest absolute Gasteiger partial charge is 0.480 e. The number of carbonyl (C=O) groups is 7. The Morgan fingerprint density at radius 1 is 0.843 bits per heavy atom. The normalized spacial score (nSPS) is 21.4. The summed E-state index contributed by atoms with van der Waals surface area (Å²) in [6.45, 7) is 1.40. The molecule has 2 aliphatic carbocycles. The van der Waals surface area contributed by atoms with Crippen LogP contribution < -0.4 is 21.3 Å². The summed E-state index contributed by atoms with van der Waals surface area (Å²) in [5, 5.41) is 19.9. The lowest BCUT2D eigenvalue weighted by Crippen LogP contribution is -2.58. The molecule has 1 saturated heterocycles. The Balaban J connectivity index is 1.46. The average molecular weight is 712 g/mol. The quantitative estimate of drug-likeness (QED) is 0.170. The van der Waals surface area contributed by atoms with E-state index in [2.05, 4.69) is 21.3 Å². The van der Waals surface area contributed by atoms with Gasteiger partial charge in [-0.3, -0.25) is 24.0 Å². The van der Waals surface area contributed by atoms with Crippen molar-refractivity contribution in [1.82, 2.24) is 26.2 Å². The van der Waals surface area contributed by atoms with Crippen molar-refractivity contribution >= 4 is 41.5 Å². The summed E-state index contributed by atoms with van der Waals surface area (Å²) in [6.07, 6.45) is 8.59. The number of hydrogen-bond acceptors (Lipinski definition) is 8. The number of alkyl carbamates (subject to hydrolysis) is 1. The number of carboxylic acid groups (broad SMARTS) is 1. The lowest BCUT2D eigenvalue weighted by molar-refractivity contribution is -0.144. The van der Waals surface area contributed by atoms with Gasteiger partial charge in [-0.25, -0.2) is 9.59 Å². The number of ether oxygens (including phenoxy) is 1. The molecule has 51 heavy (non-hydrogen) atoms. The Morgan fingerprint density at radius 2 is 1.45 bits per heavy atom. The number of nitrogens with zero attached hydrogens (tertiary/aromatic N) is 1. The van der Waals surface area contributed by atoms with Gasteiger partial charge in [-0.05, 0) is 55.9 Å². The zero-order chi connectivity index (χ0) is 36.9. The van der Waals surface area contributed by atoms with Crippen molar-refractivity contribution in [3.63, 3.8) is 0 Å². The summed E-state index contributed by atoms with van der Waals surface area (Å²) >= 11 is 0. The molecule has 1 aliphatic heterocycles. The van der Waals surface area contributed by atoms with Gasteiger partial charge in [0.25, 0.3) is 5.91 Å². The fraction of sp³-hybridized carbons (Fsp3) is 0.649. The number of amides is 5. The molecule has 0 spiro atoms. The van der Waals surface area contributed by atoms with Crippen LogP contribution in [0.1, 0.15) is 102 Å². The molecule has 0 aromatic heterocycles. The van der Waals surface area contributed by atoms with E-state index in [1.807, 2.05) is 30.3 Å². The van der Waals surface area contributed by atoms with Gasteiger partial charge in [0.2, 0.25) is 23.5 Å². The van der Waals surface area contributed by atoms with E-state index < -0.39 is 72.2 Å². The number of nitrogens with one attached hydrogen (secondary N) is 4. The van der Waals surface area contributed by atoms with Crippen LogP contribution in [0.25, 0.3) is 0 Å². The van der Waals surface area contributed by atoms with Gasteiger partial charge in [-0.1, -0.05) is 82.2 Å². The Kier molecular flexibility index (Phi) is 14.8. The third kappa shape index (κ3) is 10.8. The molecule has 0 radical (unpaired) electrons. The Hall–Kier alpha value is -4.49. The molecule has 14 nitrogen and oxygen atoms in total. The minimum Gasteiger partial charge on any atom is -0.480 e. The smallest absolute Gasteiger partial charge is 0.407 e. The van der Waals surface area contributed by atoms with Crippen LogP contribution in [0.3, 0.4) is 0 Å². The molecule has 5 atom stereocenters. The summed E-state index contributed by atoms with van der Waals surface area (Å²) in [4.78, 5) is 93.0. The molecule has 2 saturated carbocycles. The highest BCUT2D eigenvalue weighted by molar-refractivity contribution is 6.38. The summed E-state index contributed by atoms with van der Waals surface area (Å²) in [5.41, 5.74) is 0.938. The van der Waals surface area contributed by atoms with Crippen molar-refractivity contribution < 1.29 is 43.4 Å². The summed E-state index contributed by atoms with van der Waals surface area (Å²) < 4.78 is 4.84. The number of benzene rings is 1. The maximum absolute atomic E-state index is 14.3. The number of aliphatic carboxylic acids is 1. The van der Waals surface area contributed by atoms with Gasteiger partial charge < -0.3 is 36.0 Å². The maximum Gasteiger partial charge on any atom is 0.407 e. The van der Waals surface area contributed by atoms with E-state index in [1.165, 1.54) is 12.0 Å². The number of carboxylic acids is 1. The molecule has 3 fully saturated rings. The van der Waals surface area contributed by atoms with Crippen LogP contribution >= 0.6 is 0 Å². The number of hydrogen-bond donors (Lipinski definition) is 5. The molecular formula is C37H53N5O9. The molecule has 1 heterocycles. The number of Topliss-reactive ketones (excluding diaryl/α,β-unsaturated/α-hetero) is 1. The van der Waals surface area contributed by atoms with E-state index in [0.29, 0.717) is 19.3 Å². The monoisotopic (exact) mass is 711 g/mol. The van der Waals surface area contributed by atoms with Gasteiger partial charge >= 0.3 is 12.1 Å². The zero-order valence-corrected chi connectivity index (χ0v) is 29.7. The van der Waals surface area contributed by atoms with Crippen molar-refractivity contribution in [2.75, 3.05) is 20.2 Å². The zero-order valence-electron chi connectivity index (χ0n) is 29.7. The van der Waals surface area contributed by atoms with Crippen LogP contribution in [0.5, 0.6) is 0 Å². The predicted octanol–water partition coefficient (Wildman–Crippen LogP) is 2.80. The lowest BCUT2D eigenvalue weighted by atomic mass is 9.83. The van der Waals surface area contributed by atoms with E-state index >= 15 is 0 Å². The summed E-state index contributed by atoms with van der Waals surface area (Å²) in [7, 11) is 1.23. The van der Waals surface area contributed by atoms with Gasteiger partial charge in [0.15, 0.2) is 0 Å². The van der Waals surface area contributed by atoms with Gasteiger partial charge in [-0.2, -0.15) is 0 Å². The van der Waals surface area contributed by atoms with Crippen molar-refractivity contribution in [3.8, 4) is 0 Å². The average Bonchev–Trinajstić information content (AvgIpc) is 3.61. The Morgan fingerprint density at radius 3 is 2.02 bits per heavy atom. The molecule has 14 heteroatoms. The standard InChI is InChI=1S/C37H53N5O9/c1-3-13-27(32(44)34(46)38-21-29(43)40-31(36(48)49)25-18-11-6-12-19-25)39-33(45)28-20-26(23-14-7-4-8-15-23)22-42(28)35(47)30(41-37(50)51-2)24-16-9-5-10-17-24/h4,7-8,14-15,24-28,30-31H,3,5-6,9-13,16-22H2,1-2H3,(H,38,46)(H,39,45)(H,40,43)(H,41,50)(H,48,49)/t26-,27?,28+,30+,31+/m1/s1. The van der Waals surface area contributed by atoms with Crippen LogP contribution in [0, 0.1) is 11.8 Å². The highest BCUT2D eigenvalue weighted by Crippen LogP contribution is 2.35. The van der Waals surface area contributed by atoms with Gasteiger partial charge in [0, 0.05) is 12.5 Å². The van der Waals surface area contributed by atoms with E-state index in [-0.39, 0.29) is 37.1 Å². The molecule has 0 bridgehead atoms. The first-order valence-electron chi connectivity index (χ1n) is 18.4. The molecule has 1 aromatic rings. The molecule has 3 aliphatic rings. The first-order valence-corrected chi connectivity index (χ1v) is 18.4. The van der Waals surface area contributed by atoms with E-state index in [0.717, 1.165) is 56.9 Å². The maximum atomic E-state index is 14.3. The number of ketones is 1. The van der Waals surface area contributed by atoms with Crippen LogP contribution in [0.4, 0.5) is 4.79 Å². The number of likely N-dealkylation sites (tertiary alicyclic amines) is 1. The Bertz CT molecular complexity index is 1390. The van der Waals surface area contributed by atoms with E-state index in [1.54, 1.807) is 6.92 Å². The second-order valence-corrected chi connectivity index (χ2v) is 14.0. The SMILES string of the molecule is CCCC(NC(=O)[C@@H]1C[C@@H](c2ccccc2)CN1C(=O)[C@@H](NC(=O)OC)C1CCCCC1)C(=O)C(=O)NCC(=O)N[C@H](C(=O)O)C1CCCCC1. The summed E-state index contributed by atoms with van der Waals surface area (Å²) in [5.74, 6) is -5.46. The molecule has 5 N–H and O–H groups in total. The van der Waals surface area contributed by atoms with Crippen LogP contribution in [0.2, 0.25) is 0 Å². The van der Waals surface area contributed by atoms with Gasteiger partial charge in [0.05, 0.1) is 19.7 Å². The lowest BCUT2D eigenvalue weighted by Gasteiger charge is -2.34. The topological polar surface area (TPSA) is 200 Å². The van der Waals surface area contributed by atoms with Crippen molar-refractivity contribution in [3.05, 3.63) is 35.9 Å². The minimum atomic E-state index is -1.23. The van der Waals surface area contributed by atoms with Crippen LogP contribution in [-0.2, 0) is 33.5 Å². The molecule has 1 unspecified atom stereocenters. The number of methoxy groups -OCH3 is 1. The third-order valence-corrected chi connectivity index (χ3v) is 10.6. The van der Waals surface area contributed by atoms with Crippen LogP contribution in [-0.4, -0.2) is 95.8 Å². The third-order valence-electron chi connectivity index (χ3n) is 10.6. The van der Waals surface area contributed by atoms with Crippen LogP contribution in [0.15, 0.2) is 30.3 Å². The number of rotatable bonds is 15. The second kappa shape index (κ2) is 19.2.